The Hall–Kier alpha value is -3.47. The van der Waals surface area contributed by atoms with Crippen LogP contribution in [-0.2, 0) is 11.3 Å². The zero-order chi connectivity index (χ0) is 21.6. The van der Waals surface area contributed by atoms with E-state index in [0.717, 1.165) is 11.1 Å². The first-order valence-corrected chi connectivity index (χ1v) is 10.5. The van der Waals surface area contributed by atoms with E-state index in [1.165, 1.54) is 12.1 Å². The maximum atomic E-state index is 14.3. The number of amides is 2. The molecule has 0 saturated carbocycles. The van der Waals surface area contributed by atoms with Gasteiger partial charge >= 0.3 is 0 Å². The Morgan fingerprint density at radius 2 is 1.52 bits per heavy atom. The lowest BCUT2D eigenvalue weighted by molar-refractivity contribution is -0.126. The third-order valence-corrected chi connectivity index (χ3v) is 5.79. The van der Waals surface area contributed by atoms with Crippen LogP contribution in [0.4, 0.5) is 4.39 Å². The number of benzene rings is 3. The van der Waals surface area contributed by atoms with E-state index in [-0.39, 0.29) is 35.8 Å². The number of hydrogen-bond donors (Lipinski definition) is 1. The summed E-state index contributed by atoms with van der Waals surface area (Å²) >= 11 is 0. The monoisotopic (exact) mass is 416 g/mol. The maximum absolute atomic E-state index is 14.3. The Bertz CT molecular complexity index is 1040. The zero-order valence-electron chi connectivity index (χ0n) is 17.2. The van der Waals surface area contributed by atoms with Gasteiger partial charge in [-0.1, -0.05) is 72.8 Å². The smallest absolute Gasteiger partial charge is 0.256 e. The van der Waals surface area contributed by atoms with Crippen LogP contribution in [0.3, 0.4) is 0 Å². The summed E-state index contributed by atoms with van der Waals surface area (Å²) in [6.07, 6.45) is 0.645. The molecule has 3 aromatic rings. The fourth-order valence-electron chi connectivity index (χ4n) is 4.16. The minimum Gasteiger partial charge on any atom is -0.352 e. The van der Waals surface area contributed by atoms with Gasteiger partial charge in [0.15, 0.2) is 0 Å². The predicted molar refractivity (Wildman–Crippen MR) is 118 cm³/mol. The largest absolute Gasteiger partial charge is 0.352 e. The van der Waals surface area contributed by atoms with Crippen molar-refractivity contribution in [2.45, 2.75) is 18.9 Å². The second kappa shape index (κ2) is 9.56. The van der Waals surface area contributed by atoms with Gasteiger partial charge in [0.2, 0.25) is 5.91 Å². The summed E-state index contributed by atoms with van der Waals surface area (Å²) in [5.41, 5.74) is 2.14. The number of carbonyl (C=O) groups excluding carboxylic acids is 2. The average Bonchev–Trinajstić information content (AvgIpc) is 2.83. The summed E-state index contributed by atoms with van der Waals surface area (Å²) in [7, 11) is 0. The number of halogens is 1. The van der Waals surface area contributed by atoms with E-state index in [4.69, 9.17) is 0 Å². The van der Waals surface area contributed by atoms with E-state index in [2.05, 4.69) is 5.32 Å². The highest BCUT2D eigenvalue weighted by atomic mass is 19.1. The molecule has 5 heteroatoms. The molecule has 0 radical (unpaired) electrons. The quantitative estimate of drug-likeness (QED) is 0.671. The Morgan fingerprint density at radius 1 is 0.871 bits per heavy atom. The number of likely N-dealkylation sites (tertiary alicyclic amines) is 1. The van der Waals surface area contributed by atoms with Crippen LogP contribution in [0.2, 0.25) is 0 Å². The molecule has 1 fully saturated rings. The maximum Gasteiger partial charge on any atom is 0.256 e. The number of nitrogens with zero attached hydrogens (tertiary/aromatic N) is 1. The van der Waals surface area contributed by atoms with Crippen LogP contribution < -0.4 is 5.32 Å². The highest BCUT2D eigenvalue weighted by molar-refractivity contribution is 5.95. The van der Waals surface area contributed by atoms with Crippen molar-refractivity contribution in [2.24, 2.45) is 5.92 Å². The van der Waals surface area contributed by atoms with Crippen molar-refractivity contribution in [3.8, 4) is 0 Å². The summed E-state index contributed by atoms with van der Waals surface area (Å²) in [5, 5.41) is 3.00. The van der Waals surface area contributed by atoms with Crippen molar-refractivity contribution in [3.63, 3.8) is 0 Å². The summed E-state index contributed by atoms with van der Waals surface area (Å²) in [6.45, 7) is 1.17. The zero-order valence-corrected chi connectivity index (χ0v) is 17.2. The van der Waals surface area contributed by atoms with Gasteiger partial charge < -0.3 is 10.2 Å². The molecular formula is C26H25FN2O2. The van der Waals surface area contributed by atoms with E-state index in [9.17, 15) is 14.0 Å². The molecule has 2 amide bonds. The van der Waals surface area contributed by atoms with Gasteiger partial charge in [-0.15, -0.1) is 0 Å². The van der Waals surface area contributed by atoms with Crippen LogP contribution in [0.1, 0.15) is 33.8 Å². The van der Waals surface area contributed by atoms with Crippen molar-refractivity contribution in [1.29, 1.82) is 0 Å². The minimum atomic E-state index is -0.542. The highest BCUT2D eigenvalue weighted by Gasteiger charge is 2.35. The second-order valence-electron chi connectivity index (χ2n) is 7.93. The fourth-order valence-corrected chi connectivity index (χ4v) is 4.16. The molecular weight excluding hydrogens is 391 g/mol. The Labute approximate surface area is 181 Å². The predicted octanol–water partition coefficient (Wildman–Crippen LogP) is 4.39. The standard InChI is InChI=1S/C26H25FN2O2/c27-24-14-8-7-13-23(24)26(31)29-17-21(20-11-5-2-6-12-20)15-22(18-29)25(30)28-16-19-9-3-1-4-10-19/h1-14,21-22H,15-18H2,(H,28,30)/t21-,22-/m1/s1. The molecule has 3 aromatic carbocycles. The molecule has 1 saturated heterocycles. The molecule has 0 aliphatic carbocycles. The molecule has 2 atom stereocenters. The summed E-state index contributed by atoms with van der Waals surface area (Å²) < 4.78 is 14.3. The van der Waals surface area contributed by atoms with Gasteiger partial charge in [-0.25, -0.2) is 4.39 Å². The lowest BCUT2D eigenvalue weighted by Crippen LogP contribution is -2.48. The van der Waals surface area contributed by atoms with Crippen LogP contribution in [0.5, 0.6) is 0 Å². The Balaban J connectivity index is 1.54. The number of carbonyl (C=O) groups is 2. The SMILES string of the molecule is O=C(NCc1ccccc1)[C@@H]1C[C@@H](c2ccccc2)CN(C(=O)c2ccccc2F)C1. The average molecular weight is 416 g/mol. The van der Waals surface area contributed by atoms with Crippen LogP contribution >= 0.6 is 0 Å². The second-order valence-corrected chi connectivity index (χ2v) is 7.93. The Kier molecular flexibility index (Phi) is 6.41. The van der Waals surface area contributed by atoms with E-state index in [1.54, 1.807) is 17.0 Å². The molecule has 1 heterocycles. The molecule has 0 spiro atoms. The van der Waals surface area contributed by atoms with Gasteiger partial charge in [0.05, 0.1) is 11.5 Å². The summed E-state index contributed by atoms with van der Waals surface area (Å²) in [5.74, 6) is -1.36. The molecule has 0 unspecified atom stereocenters. The third kappa shape index (κ3) is 5.00. The summed E-state index contributed by atoms with van der Waals surface area (Å²) in [4.78, 5) is 27.7. The molecule has 31 heavy (non-hydrogen) atoms. The Morgan fingerprint density at radius 3 is 2.23 bits per heavy atom. The third-order valence-electron chi connectivity index (χ3n) is 5.79. The molecule has 0 aromatic heterocycles. The summed E-state index contributed by atoms with van der Waals surface area (Å²) in [6, 6.07) is 25.6. The van der Waals surface area contributed by atoms with Crippen molar-refractivity contribution in [2.75, 3.05) is 13.1 Å². The first-order chi connectivity index (χ1) is 15.1. The molecule has 0 bridgehead atoms. The van der Waals surface area contributed by atoms with Crippen LogP contribution in [0.25, 0.3) is 0 Å². The fraction of sp³-hybridized carbons (Fsp3) is 0.231. The van der Waals surface area contributed by atoms with Crippen LogP contribution in [-0.4, -0.2) is 29.8 Å². The van der Waals surface area contributed by atoms with Crippen molar-refractivity contribution in [3.05, 3.63) is 107 Å². The number of rotatable bonds is 5. The van der Waals surface area contributed by atoms with E-state index in [0.29, 0.717) is 19.5 Å². The normalized spacial score (nSPS) is 18.4. The van der Waals surface area contributed by atoms with Crippen LogP contribution in [0, 0.1) is 11.7 Å². The number of hydrogen-bond acceptors (Lipinski definition) is 2. The first kappa shape index (κ1) is 20.8. The van der Waals surface area contributed by atoms with Crippen molar-refractivity contribution >= 4 is 11.8 Å². The van der Waals surface area contributed by atoms with Gasteiger partial charge in [0.1, 0.15) is 5.82 Å². The van der Waals surface area contributed by atoms with E-state index in [1.807, 2.05) is 60.7 Å². The topological polar surface area (TPSA) is 49.4 Å². The van der Waals surface area contributed by atoms with Crippen molar-refractivity contribution in [1.82, 2.24) is 10.2 Å². The lowest BCUT2D eigenvalue weighted by Gasteiger charge is -2.37. The number of nitrogens with one attached hydrogen (secondary N) is 1. The highest BCUT2D eigenvalue weighted by Crippen LogP contribution is 2.31. The van der Waals surface area contributed by atoms with E-state index < -0.39 is 5.82 Å². The molecule has 158 valence electrons. The van der Waals surface area contributed by atoms with Crippen LogP contribution in [0.15, 0.2) is 84.9 Å². The van der Waals surface area contributed by atoms with Gasteiger partial charge in [-0.05, 0) is 29.7 Å². The van der Waals surface area contributed by atoms with Gasteiger partial charge in [0, 0.05) is 25.6 Å². The molecule has 1 N–H and O–H groups in total. The van der Waals surface area contributed by atoms with Gasteiger partial charge in [0.25, 0.3) is 5.91 Å². The minimum absolute atomic E-state index is 0.0122. The van der Waals surface area contributed by atoms with Gasteiger partial charge in [-0.3, -0.25) is 9.59 Å². The number of piperidine rings is 1. The van der Waals surface area contributed by atoms with Crippen molar-refractivity contribution < 1.29 is 14.0 Å². The lowest BCUT2D eigenvalue weighted by atomic mass is 9.83. The van der Waals surface area contributed by atoms with E-state index >= 15 is 0 Å². The first-order valence-electron chi connectivity index (χ1n) is 10.5. The molecule has 4 nitrogen and oxygen atoms in total. The molecule has 4 rings (SSSR count). The van der Waals surface area contributed by atoms with Gasteiger partial charge in [-0.2, -0.15) is 0 Å². The molecule has 1 aliphatic heterocycles. The molecule has 1 aliphatic rings.